The van der Waals surface area contributed by atoms with Crippen molar-refractivity contribution in [2.75, 3.05) is 13.1 Å². The number of ether oxygens (including phenoxy) is 2. The number of hydrogen-bond acceptors (Lipinski definition) is 10. The smallest absolute Gasteiger partial charge is 0.408 e. The standard InChI is InChI=1S/C41H44BrN5O8/c42-36-21-19-29(54-36)26-52-30-23-34(38(49)44-32(16-9-10-22-43)37(48)39-45-31-15-7-8-17-35(31)55-39)47(24-30)40(50)33(20-18-27-11-3-1-4-12-27)46-41(51)53-25-28-13-5-2-6-14-28/h1-8,11-15,17,19,21,30,32-34H,9-10,16,18,20,22-26,43H2,(H,44,49)(H,46,51)/t30-,32+,33-,34+/m1/s1. The third-order valence-corrected chi connectivity index (χ3v) is 9.82. The topological polar surface area (TPSA) is 179 Å². The van der Waals surface area contributed by atoms with Gasteiger partial charge < -0.3 is 39.6 Å². The quantitative estimate of drug-likeness (QED) is 0.0692. The number of unbranched alkanes of at least 4 members (excludes halogenated alkanes) is 1. The first-order chi connectivity index (χ1) is 26.8. The molecule has 6 rings (SSSR count). The second-order valence-corrected chi connectivity index (χ2v) is 14.1. The number of amides is 3. The van der Waals surface area contributed by atoms with Crippen molar-refractivity contribution < 1.29 is 37.5 Å². The molecule has 0 aliphatic carbocycles. The van der Waals surface area contributed by atoms with E-state index >= 15 is 0 Å². The molecular formula is C41H44BrN5O8. The molecule has 5 aromatic rings. The average molecular weight is 815 g/mol. The van der Waals surface area contributed by atoms with Crippen LogP contribution < -0.4 is 16.4 Å². The highest BCUT2D eigenvalue weighted by atomic mass is 79.9. The molecular weight excluding hydrogens is 770 g/mol. The largest absolute Gasteiger partial charge is 0.452 e. The van der Waals surface area contributed by atoms with E-state index in [1.165, 1.54) is 4.90 Å². The van der Waals surface area contributed by atoms with Crippen LogP contribution >= 0.6 is 15.9 Å². The number of carbonyl (C=O) groups is 4. The zero-order valence-corrected chi connectivity index (χ0v) is 31.8. The number of nitrogens with one attached hydrogen (secondary N) is 2. The highest BCUT2D eigenvalue weighted by Crippen LogP contribution is 2.26. The second kappa shape index (κ2) is 19.3. The maximum Gasteiger partial charge on any atom is 0.408 e. The van der Waals surface area contributed by atoms with E-state index in [9.17, 15) is 19.2 Å². The third kappa shape index (κ3) is 10.9. The minimum Gasteiger partial charge on any atom is -0.452 e. The molecule has 3 aromatic carbocycles. The molecule has 3 heterocycles. The number of alkyl carbamates (subject to hydrolysis) is 1. The Balaban J connectivity index is 1.23. The number of Topliss-reactive ketones (excluding diaryl/α,β-unsaturated/α-hetero) is 1. The van der Waals surface area contributed by atoms with Gasteiger partial charge in [-0.3, -0.25) is 14.4 Å². The maximum absolute atomic E-state index is 14.6. The lowest BCUT2D eigenvalue weighted by Crippen LogP contribution is -2.55. The maximum atomic E-state index is 14.6. The predicted octanol–water partition coefficient (Wildman–Crippen LogP) is 6.09. The first-order valence-corrected chi connectivity index (χ1v) is 19.1. The number of aromatic nitrogens is 1. The van der Waals surface area contributed by atoms with Gasteiger partial charge in [-0.15, -0.1) is 0 Å². The van der Waals surface area contributed by atoms with Crippen molar-refractivity contribution in [1.82, 2.24) is 20.5 Å². The summed E-state index contributed by atoms with van der Waals surface area (Å²) >= 11 is 3.30. The van der Waals surface area contributed by atoms with Gasteiger partial charge in [-0.25, -0.2) is 9.78 Å². The van der Waals surface area contributed by atoms with E-state index in [0.717, 1.165) is 11.1 Å². The number of likely N-dealkylation sites (tertiary alicyclic amines) is 1. The summed E-state index contributed by atoms with van der Waals surface area (Å²) in [5.41, 5.74) is 8.49. The van der Waals surface area contributed by atoms with Crippen LogP contribution in [0.25, 0.3) is 11.1 Å². The summed E-state index contributed by atoms with van der Waals surface area (Å²) < 4.78 is 23.6. The van der Waals surface area contributed by atoms with E-state index in [-0.39, 0.29) is 44.9 Å². The van der Waals surface area contributed by atoms with Crippen LogP contribution in [0, 0.1) is 0 Å². The zero-order chi connectivity index (χ0) is 38.6. The summed E-state index contributed by atoms with van der Waals surface area (Å²) in [6.45, 7) is 0.586. The normalized spacial score (nSPS) is 16.4. The van der Waals surface area contributed by atoms with Crippen molar-refractivity contribution in [3.05, 3.63) is 125 Å². The summed E-state index contributed by atoms with van der Waals surface area (Å²) in [5, 5.41) is 5.67. The van der Waals surface area contributed by atoms with Gasteiger partial charge >= 0.3 is 6.09 Å². The number of rotatable bonds is 18. The number of nitrogens with two attached hydrogens (primary N) is 1. The van der Waals surface area contributed by atoms with Crippen LogP contribution in [-0.2, 0) is 38.7 Å². The molecule has 13 nitrogen and oxygen atoms in total. The van der Waals surface area contributed by atoms with Crippen molar-refractivity contribution in [2.24, 2.45) is 5.73 Å². The van der Waals surface area contributed by atoms with Crippen LogP contribution in [-0.4, -0.2) is 70.9 Å². The molecule has 55 heavy (non-hydrogen) atoms. The van der Waals surface area contributed by atoms with Gasteiger partial charge in [-0.2, -0.15) is 0 Å². The highest BCUT2D eigenvalue weighted by Gasteiger charge is 2.43. The Morgan fingerprint density at radius 1 is 0.836 bits per heavy atom. The van der Waals surface area contributed by atoms with Crippen molar-refractivity contribution in [3.63, 3.8) is 0 Å². The third-order valence-electron chi connectivity index (χ3n) is 9.39. The summed E-state index contributed by atoms with van der Waals surface area (Å²) in [6, 6.07) is 26.3. The lowest BCUT2D eigenvalue weighted by molar-refractivity contribution is -0.140. The SMILES string of the molecule is NCCCC[C@H](NC(=O)[C@@H]1C[C@@H](OCc2ccc(Br)o2)CN1C(=O)[C@@H](CCc1ccccc1)NC(=O)OCc1ccccc1)C(=O)c1nc2ccccc2o1. The first-order valence-electron chi connectivity index (χ1n) is 18.3. The Bertz CT molecular complexity index is 2000. The Labute approximate surface area is 327 Å². The molecule has 1 aliphatic heterocycles. The van der Waals surface area contributed by atoms with Gasteiger partial charge in [0.1, 0.15) is 36.6 Å². The highest BCUT2D eigenvalue weighted by molar-refractivity contribution is 9.10. The van der Waals surface area contributed by atoms with Crippen molar-refractivity contribution in [2.45, 2.75) is 76.0 Å². The lowest BCUT2D eigenvalue weighted by Gasteiger charge is -2.29. The number of para-hydroxylation sites is 2. The number of halogens is 1. The number of nitrogens with zero attached hydrogens (tertiary/aromatic N) is 2. The van der Waals surface area contributed by atoms with Crippen LogP contribution in [0.3, 0.4) is 0 Å². The summed E-state index contributed by atoms with van der Waals surface area (Å²) in [5.74, 6) is -1.08. The number of hydrogen-bond donors (Lipinski definition) is 3. The van der Waals surface area contributed by atoms with Gasteiger partial charge in [0.25, 0.3) is 5.89 Å². The average Bonchev–Trinajstić information content (AvgIpc) is 3.96. The molecule has 14 heteroatoms. The molecule has 288 valence electrons. The summed E-state index contributed by atoms with van der Waals surface area (Å²) in [7, 11) is 0. The first kappa shape index (κ1) is 39.4. The fourth-order valence-corrected chi connectivity index (χ4v) is 6.86. The number of ketones is 1. The Kier molecular flexibility index (Phi) is 13.8. The molecule has 1 fully saturated rings. The van der Waals surface area contributed by atoms with Crippen molar-refractivity contribution >= 4 is 50.7 Å². The zero-order valence-electron chi connectivity index (χ0n) is 30.2. The van der Waals surface area contributed by atoms with Crippen LogP contribution in [0.4, 0.5) is 4.79 Å². The molecule has 0 spiro atoms. The van der Waals surface area contributed by atoms with Crippen LogP contribution in [0.1, 0.15) is 59.7 Å². The Morgan fingerprint density at radius 3 is 2.27 bits per heavy atom. The summed E-state index contributed by atoms with van der Waals surface area (Å²) in [4.78, 5) is 61.6. The number of carbonyl (C=O) groups excluding carboxylic acids is 4. The number of oxazole rings is 1. The van der Waals surface area contributed by atoms with E-state index < -0.39 is 47.9 Å². The molecule has 4 atom stereocenters. The molecule has 0 unspecified atom stereocenters. The number of benzene rings is 3. The monoisotopic (exact) mass is 813 g/mol. The Hall–Kier alpha value is -5.31. The minimum atomic E-state index is -1.04. The molecule has 3 amide bonds. The van der Waals surface area contributed by atoms with E-state index in [2.05, 4.69) is 31.5 Å². The van der Waals surface area contributed by atoms with Crippen LogP contribution in [0.2, 0.25) is 0 Å². The van der Waals surface area contributed by atoms with Crippen LogP contribution in [0.15, 0.2) is 111 Å². The van der Waals surface area contributed by atoms with Crippen molar-refractivity contribution in [3.8, 4) is 0 Å². The van der Waals surface area contributed by atoms with Gasteiger partial charge in [-0.1, -0.05) is 72.8 Å². The number of aryl methyl sites for hydroxylation is 1. The molecule has 1 aliphatic rings. The van der Waals surface area contributed by atoms with E-state index in [4.69, 9.17) is 24.0 Å². The van der Waals surface area contributed by atoms with E-state index in [1.807, 2.05) is 60.7 Å². The van der Waals surface area contributed by atoms with Crippen LogP contribution in [0.5, 0.6) is 0 Å². The molecule has 4 N–H and O–H groups in total. The summed E-state index contributed by atoms with van der Waals surface area (Å²) in [6.07, 6.45) is 0.979. The van der Waals surface area contributed by atoms with Gasteiger partial charge in [0.05, 0.1) is 12.1 Å². The fourth-order valence-electron chi connectivity index (χ4n) is 6.52. The molecule has 2 aromatic heterocycles. The number of fused-ring (bicyclic) bond motifs is 1. The molecule has 0 saturated carbocycles. The second-order valence-electron chi connectivity index (χ2n) is 13.4. The molecule has 1 saturated heterocycles. The fraction of sp³-hybridized carbons (Fsp3) is 0.341. The molecule has 0 bridgehead atoms. The lowest BCUT2D eigenvalue weighted by atomic mass is 10.0. The van der Waals surface area contributed by atoms with E-state index in [0.29, 0.717) is 47.3 Å². The van der Waals surface area contributed by atoms with Gasteiger partial charge in [0, 0.05) is 13.0 Å². The van der Waals surface area contributed by atoms with Crippen molar-refractivity contribution in [1.29, 1.82) is 0 Å². The molecule has 0 radical (unpaired) electrons. The van der Waals surface area contributed by atoms with E-state index in [1.54, 1.807) is 36.4 Å². The van der Waals surface area contributed by atoms with Gasteiger partial charge in [-0.05, 0) is 90.0 Å². The minimum absolute atomic E-state index is 0.0134. The predicted molar refractivity (Wildman–Crippen MR) is 207 cm³/mol. The Morgan fingerprint density at radius 2 is 1.56 bits per heavy atom. The number of furan rings is 1. The van der Waals surface area contributed by atoms with Gasteiger partial charge in [0.15, 0.2) is 10.3 Å². The van der Waals surface area contributed by atoms with Gasteiger partial charge in [0.2, 0.25) is 17.6 Å².